The van der Waals surface area contributed by atoms with Crippen LogP contribution in [0.4, 0.5) is 0 Å². The summed E-state index contributed by atoms with van der Waals surface area (Å²) in [6.45, 7) is 13.6. The maximum atomic E-state index is 12.7. The van der Waals surface area contributed by atoms with E-state index in [4.69, 9.17) is 61.6 Å². The largest absolute Gasteiger partial charge is 0.463 e. The number of ether oxygens (including phenoxy) is 13. The summed E-state index contributed by atoms with van der Waals surface area (Å²) in [6, 6.07) is 0. The number of rotatable bonds is 14. The minimum Gasteiger partial charge on any atom is -0.463 e. The monoisotopic (exact) mass is 1110 g/mol. The third-order valence-electron chi connectivity index (χ3n) is 19.2. The molecule has 0 radical (unpaired) electrons. The van der Waals surface area contributed by atoms with Crippen molar-refractivity contribution in [3.63, 3.8) is 0 Å². The number of fused-ring (bicyclic) bond motifs is 5. The van der Waals surface area contributed by atoms with Gasteiger partial charge in [-0.1, -0.05) is 13.8 Å². The fourth-order valence-electron chi connectivity index (χ4n) is 15.4. The molecule has 8 fully saturated rings. The molecule has 9 aliphatic rings. The third-order valence-corrected chi connectivity index (χ3v) is 19.2. The molecule has 5 N–H and O–H groups in total. The summed E-state index contributed by atoms with van der Waals surface area (Å²) in [5.41, 5.74) is -1.06. The molecule has 0 aromatic rings. The van der Waals surface area contributed by atoms with Crippen LogP contribution in [-0.4, -0.2) is 191 Å². The van der Waals surface area contributed by atoms with E-state index in [-0.39, 0.29) is 61.1 Å². The number of esters is 5. The zero-order valence-electron chi connectivity index (χ0n) is 46.1. The molecular formula is C55H82O23. The van der Waals surface area contributed by atoms with Gasteiger partial charge in [0.05, 0.1) is 54.4 Å². The van der Waals surface area contributed by atoms with Crippen molar-refractivity contribution in [1.82, 2.24) is 0 Å². The smallest absolute Gasteiger partial charge is 0.331 e. The lowest BCUT2D eigenvalue weighted by atomic mass is 9.42. The molecule has 0 spiro atoms. The number of carbonyl (C=O) groups is 5. The Bertz CT molecular complexity index is 2190. The molecule has 4 saturated carbocycles. The predicted octanol–water partition coefficient (Wildman–Crippen LogP) is 2.33. The van der Waals surface area contributed by atoms with Crippen LogP contribution < -0.4 is 0 Å². The van der Waals surface area contributed by atoms with Crippen molar-refractivity contribution in [2.45, 2.75) is 255 Å². The van der Waals surface area contributed by atoms with Gasteiger partial charge < -0.3 is 87.1 Å². The van der Waals surface area contributed by atoms with Crippen LogP contribution in [0.25, 0.3) is 0 Å². The van der Waals surface area contributed by atoms with E-state index in [1.165, 1.54) is 0 Å². The Morgan fingerprint density at radius 1 is 0.603 bits per heavy atom. The molecule has 4 aliphatic carbocycles. The van der Waals surface area contributed by atoms with Gasteiger partial charge in [-0.2, -0.15) is 0 Å². The zero-order valence-corrected chi connectivity index (χ0v) is 46.1. The summed E-state index contributed by atoms with van der Waals surface area (Å²) < 4.78 is 77.0. The van der Waals surface area contributed by atoms with E-state index in [1.807, 2.05) is 6.92 Å². The molecule has 23 nitrogen and oxygen atoms in total. The lowest BCUT2D eigenvalue weighted by molar-refractivity contribution is -0.356. The van der Waals surface area contributed by atoms with Crippen molar-refractivity contribution < 1.29 is 111 Å². The maximum absolute atomic E-state index is 12.7. The van der Waals surface area contributed by atoms with Crippen molar-refractivity contribution in [3.8, 4) is 0 Å². The average Bonchev–Trinajstić information content (AvgIpc) is 4.08. The second kappa shape index (κ2) is 23.4. The summed E-state index contributed by atoms with van der Waals surface area (Å²) in [7, 11) is 0. The minimum atomic E-state index is -1.57. The molecule has 0 bridgehead atoms. The first-order valence-corrected chi connectivity index (χ1v) is 28.0. The van der Waals surface area contributed by atoms with Crippen LogP contribution in [0.3, 0.4) is 0 Å². The Morgan fingerprint density at radius 2 is 1.14 bits per heavy atom. The fraction of sp³-hybridized carbons (Fsp3) is 0.873. The highest BCUT2D eigenvalue weighted by atomic mass is 16.8. The molecule has 5 aliphatic heterocycles. The van der Waals surface area contributed by atoms with Gasteiger partial charge in [0.1, 0.15) is 37.6 Å². The standard InChI is InChI=1S/C55H82O23/c1-24-46(37(60)19-43(68-24)74-33-12-14-53(8)32(17-33)10-11-35-36(53)18-41(63)54(9)34(13-15-55(35,54)65)31-16-42(64)67-22-31)76-44-20-38(61)47(25(2)69-44)77-45-21-39(62)48(26(3)70-45)78-52-51(73-30(7)59)50(72-29(6)58)49(71-28(5)57)40(75-52)23-66-27(4)56/h16,24-26,32-41,43-52,60-63,65H,10-15,17-23H2,1-9H3/t24-,25-,26-,32-,33+,34-,35-,36+,37+,38+,39+,40-,41-,43+,44+,45+,46-,47-,48-,49-,50+,51-,52?,53+,54+,55+/m1/s1. The van der Waals surface area contributed by atoms with Gasteiger partial charge in [-0.05, 0) is 107 Å². The number of aliphatic hydroxyl groups excluding tert-OH is 4. The van der Waals surface area contributed by atoms with Crippen molar-refractivity contribution in [1.29, 1.82) is 0 Å². The number of hydrogen-bond acceptors (Lipinski definition) is 23. The van der Waals surface area contributed by atoms with Gasteiger partial charge in [0, 0.05) is 58.4 Å². The van der Waals surface area contributed by atoms with Crippen molar-refractivity contribution in [2.75, 3.05) is 13.2 Å². The second-order valence-corrected chi connectivity index (χ2v) is 24.0. The minimum absolute atomic E-state index is 0.0310. The molecule has 5 heterocycles. The van der Waals surface area contributed by atoms with Gasteiger partial charge in [0.15, 0.2) is 43.5 Å². The Balaban J connectivity index is 0.752. The highest BCUT2D eigenvalue weighted by Gasteiger charge is 2.71. The first-order chi connectivity index (χ1) is 36.8. The van der Waals surface area contributed by atoms with Gasteiger partial charge >= 0.3 is 29.8 Å². The highest BCUT2D eigenvalue weighted by Crippen LogP contribution is 2.70. The predicted molar refractivity (Wildman–Crippen MR) is 263 cm³/mol. The lowest BCUT2D eigenvalue weighted by Crippen LogP contribution is -2.67. The van der Waals surface area contributed by atoms with Crippen molar-refractivity contribution >= 4 is 29.8 Å². The Morgan fingerprint density at radius 3 is 1.67 bits per heavy atom. The van der Waals surface area contributed by atoms with Crippen LogP contribution >= 0.6 is 0 Å². The topological polar surface area (TPSA) is 306 Å². The van der Waals surface area contributed by atoms with Crippen LogP contribution in [0.1, 0.15) is 133 Å². The summed E-state index contributed by atoms with van der Waals surface area (Å²) in [5.74, 6) is -3.13. The van der Waals surface area contributed by atoms with Crippen LogP contribution in [-0.2, 0) is 85.6 Å². The molecule has 440 valence electrons. The molecule has 0 aromatic carbocycles. The molecule has 0 amide bonds. The van der Waals surface area contributed by atoms with E-state index < -0.39 is 152 Å². The molecule has 26 atom stereocenters. The van der Waals surface area contributed by atoms with Crippen molar-refractivity contribution in [3.05, 3.63) is 11.6 Å². The summed E-state index contributed by atoms with van der Waals surface area (Å²) in [5, 5.41) is 59.1. The number of cyclic esters (lactones) is 1. The van der Waals surface area contributed by atoms with Gasteiger partial charge in [0.25, 0.3) is 0 Å². The van der Waals surface area contributed by atoms with E-state index in [1.54, 1.807) is 26.8 Å². The van der Waals surface area contributed by atoms with Gasteiger partial charge in [0.2, 0.25) is 0 Å². The van der Waals surface area contributed by atoms with Gasteiger partial charge in [-0.15, -0.1) is 0 Å². The lowest BCUT2D eigenvalue weighted by Gasteiger charge is -2.65. The first-order valence-electron chi connectivity index (χ1n) is 28.0. The quantitative estimate of drug-likeness (QED) is 0.0947. The number of carbonyl (C=O) groups excluding carboxylic acids is 5. The van der Waals surface area contributed by atoms with E-state index >= 15 is 0 Å². The molecule has 0 aromatic heterocycles. The number of aliphatic hydroxyl groups is 5. The normalized spacial score (nSPS) is 48.3. The van der Waals surface area contributed by atoms with E-state index in [0.29, 0.717) is 25.2 Å². The van der Waals surface area contributed by atoms with Crippen LogP contribution in [0.15, 0.2) is 11.6 Å². The van der Waals surface area contributed by atoms with E-state index in [9.17, 15) is 49.5 Å². The highest BCUT2D eigenvalue weighted by molar-refractivity contribution is 5.85. The molecule has 9 rings (SSSR count). The Hall–Kier alpha value is -3.43. The summed E-state index contributed by atoms with van der Waals surface area (Å²) in [6.07, 6.45) is -11.8. The van der Waals surface area contributed by atoms with E-state index in [0.717, 1.165) is 65.4 Å². The van der Waals surface area contributed by atoms with Crippen LogP contribution in [0, 0.1) is 34.5 Å². The summed E-state index contributed by atoms with van der Waals surface area (Å²) >= 11 is 0. The van der Waals surface area contributed by atoms with Crippen LogP contribution in [0.2, 0.25) is 0 Å². The molecular weight excluding hydrogens is 1030 g/mol. The third kappa shape index (κ3) is 11.7. The van der Waals surface area contributed by atoms with Crippen LogP contribution in [0.5, 0.6) is 0 Å². The molecule has 23 heteroatoms. The average molecular weight is 1110 g/mol. The Kier molecular flexibility index (Phi) is 17.8. The molecule has 78 heavy (non-hydrogen) atoms. The van der Waals surface area contributed by atoms with Gasteiger partial charge in [-0.25, -0.2) is 4.79 Å². The fourth-order valence-corrected chi connectivity index (χ4v) is 15.4. The maximum Gasteiger partial charge on any atom is 0.331 e. The molecule has 1 unspecified atom stereocenters. The SMILES string of the molecule is CC(=O)OC[C@H]1OC(O[C@H]2[C@@H](O)C[C@H](O[C@H]3[C@@H](O)C[C@H](O[C@H]4[C@@H](O)C[C@H](O[C@H]5CC[C@@]6(C)[C@H](CC[C@@H]7[C@@H]6C[C@@H](O)[C@]6(C)[C@@H](C8=CC(=O)OC8)CC[C@]76O)C5)O[C@@H]4C)O[C@@H]3C)O[C@@H]2C)[C@H](OC(C)=O)[C@@H](OC(C)=O)[C@@H]1OC(C)=O. The zero-order chi connectivity index (χ0) is 56.3. The summed E-state index contributed by atoms with van der Waals surface area (Å²) in [4.78, 5) is 60.7. The number of hydrogen-bond donors (Lipinski definition) is 5. The van der Waals surface area contributed by atoms with Gasteiger partial charge in [-0.3, -0.25) is 19.2 Å². The Labute approximate surface area is 454 Å². The van der Waals surface area contributed by atoms with Crippen molar-refractivity contribution in [2.24, 2.45) is 34.5 Å². The first kappa shape index (κ1) is 59.2. The molecule has 4 saturated heterocycles. The van der Waals surface area contributed by atoms with E-state index in [2.05, 4.69) is 6.92 Å². The second-order valence-electron chi connectivity index (χ2n) is 24.0.